The van der Waals surface area contributed by atoms with Crippen molar-refractivity contribution >= 4 is 0 Å². The van der Waals surface area contributed by atoms with Gasteiger partial charge in [0.25, 0.3) is 0 Å². The van der Waals surface area contributed by atoms with Crippen LogP contribution in [0.2, 0.25) is 0 Å². The molecular weight excluding hydrogens is 90.1 g/mol. The Morgan fingerprint density at radius 3 is 2.57 bits per heavy atom. The first-order chi connectivity index (χ1) is 3.31. The van der Waals surface area contributed by atoms with E-state index in [1.165, 1.54) is 6.20 Å². The maximum atomic E-state index is 8.27. The molecule has 0 spiro atoms. The molecule has 0 aliphatic carbocycles. The Morgan fingerprint density at radius 2 is 2.43 bits per heavy atom. The lowest BCUT2D eigenvalue weighted by Crippen LogP contribution is -1.87. The second kappa shape index (κ2) is 3.68. The molecule has 3 N–H and O–H groups in total. The lowest BCUT2D eigenvalue weighted by molar-refractivity contribution is 0.299. The number of hydrogen-bond acceptors (Lipinski definition) is 2. The Balaban J connectivity index is 3.17. The lowest BCUT2D eigenvalue weighted by Gasteiger charge is -1.90. The molecule has 7 heavy (non-hydrogen) atoms. The first kappa shape index (κ1) is 6.50. The zero-order valence-electron chi connectivity index (χ0n) is 4.52. The Hall–Kier alpha value is -0.500. The van der Waals surface area contributed by atoms with Gasteiger partial charge in [-0.2, -0.15) is 0 Å². The van der Waals surface area contributed by atoms with Gasteiger partial charge in [0.05, 0.1) is 0 Å². The van der Waals surface area contributed by atoms with E-state index in [-0.39, 0.29) is 6.61 Å². The first-order valence-corrected chi connectivity index (χ1v) is 2.29. The average Bonchev–Trinajstić information content (AvgIpc) is 1.68. The monoisotopic (exact) mass is 101 g/mol. The Labute approximate surface area is 43.6 Å². The fourth-order valence-electron chi connectivity index (χ4n) is 0.260. The second-order valence-corrected chi connectivity index (χ2v) is 1.49. The van der Waals surface area contributed by atoms with E-state index in [0.717, 1.165) is 5.57 Å². The predicted molar refractivity (Wildman–Crippen MR) is 29.6 cm³/mol. The molecule has 42 valence electrons. The van der Waals surface area contributed by atoms with Gasteiger partial charge in [-0.3, -0.25) is 0 Å². The molecule has 0 radical (unpaired) electrons. The van der Waals surface area contributed by atoms with Gasteiger partial charge >= 0.3 is 0 Å². The SMILES string of the molecule is CC(=CN)CCO. The summed E-state index contributed by atoms with van der Waals surface area (Å²) in [5.74, 6) is 0. The van der Waals surface area contributed by atoms with Gasteiger partial charge in [-0.25, -0.2) is 0 Å². The van der Waals surface area contributed by atoms with Crippen molar-refractivity contribution in [3.05, 3.63) is 11.8 Å². The minimum absolute atomic E-state index is 0.194. The molecule has 0 heterocycles. The summed E-state index contributed by atoms with van der Waals surface area (Å²) in [6.45, 7) is 2.08. The molecule has 2 nitrogen and oxygen atoms in total. The van der Waals surface area contributed by atoms with Crippen LogP contribution in [0.1, 0.15) is 13.3 Å². The van der Waals surface area contributed by atoms with Crippen molar-refractivity contribution in [1.29, 1.82) is 0 Å². The van der Waals surface area contributed by atoms with Crippen molar-refractivity contribution in [2.45, 2.75) is 13.3 Å². The predicted octanol–water partition coefficient (Wildman–Crippen LogP) is 0.231. The van der Waals surface area contributed by atoms with Crippen molar-refractivity contribution in [2.75, 3.05) is 6.61 Å². The third-order valence-corrected chi connectivity index (χ3v) is 0.791. The largest absolute Gasteiger partial charge is 0.405 e. The van der Waals surface area contributed by atoms with Crippen LogP contribution in [0.4, 0.5) is 0 Å². The highest BCUT2D eigenvalue weighted by atomic mass is 16.2. The molecule has 0 unspecified atom stereocenters. The van der Waals surface area contributed by atoms with E-state index < -0.39 is 0 Å². The molecule has 0 atom stereocenters. The van der Waals surface area contributed by atoms with Gasteiger partial charge in [0, 0.05) is 6.61 Å². The molecule has 0 amide bonds. The summed E-state index contributed by atoms with van der Waals surface area (Å²) in [6, 6.07) is 0. The van der Waals surface area contributed by atoms with Gasteiger partial charge in [0.1, 0.15) is 0 Å². The zero-order chi connectivity index (χ0) is 5.70. The van der Waals surface area contributed by atoms with Gasteiger partial charge in [-0.15, -0.1) is 0 Å². The summed E-state index contributed by atoms with van der Waals surface area (Å²) in [5, 5.41) is 8.27. The fourth-order valence-corrected chi connectivity index (χ4v) is 0.260. The number of hydrogen-bond donors (Lipinski definition) is 2. The molecule has 0 aliphatic rings. The van der Waals surface area contributed by atoms with E-state index in [9.17, 15) is 0 Å². The van der Waals surface area contributed by atoms with Crippen molar-refractivity contribution in [2.24, 2.45) is 5.73 Å². The van der Waals surface area contributed by atoms with Crippen LogP contribution in [0.15, 0.2) is 11.8 Å². The highest BCUT2D eigenvalue weighted by Crippen LogP contribution is 1.92. The quantitative estimate of drug-likeness (QED) is 0.523. The standard InChI is InChI=1S/C5H11NO/c1-5(4-6)2-3-7/h4,7H,2-3,6H2,1H3. The van der Waals surface area contributed by atoms with E-state index in [1.807, 2.05) is 6.92 Å². The summed E-state index contributed by atoms with van der Waals surface area (Å²) in [4.78, 5) is 0. The third-order valence-electron chi connectivity index (χ3n) is 0.791. The summed E-state index contributed by atoms with van der Waals surface area (Å²) in [5.41, 5.74) is 6.12. The number of aliphatic hydroxyl groups is 1. The number of nitrogens with two attached hydrogens (primary N) is 1. The Kier molecular flexibility index (Phi) is 3.42. The normalized spacial score (nSPS) is 12.0. The van der Waals surface area contributed by atoms with Crippen LogP contribution in [0.3, 0.4) is 0 Å². The zero-order valence-corrected chi connectivity index (χ0v) is 4.52. The molecule has 0 fully saturated rings. The minimum atomic E-state index is 0.194. The molecule has 0 aromatic carbocycles. The summed E-state index contributed by atoms with van der Waals surface area (Å²) < 4.78 is 0. The highest BCUT2D eigenvalue weighted by molar-refractivity contribution is 4.93. The van der Waals surface area contributed by atoms with E-state index >= 15 is 0 Å². The Morgan fingerprint density at radius 1 is 1.86 bits per heavy atom. The van der Waals surface area contributed by atoms with Crippen LogP contribution in [0.5, 0.6) is 0 Å². The summed E-state index contributed by atoms with van der Waals surface area (Å²) in [6.07, 6.45) is 2.20. The molecular formula is C5H11NO. The van der Waals surface area contributed by atoms with E-state index in [0.29, 0.717) is 6.42 Å². The van der Waals surface area contributed by atoms with E-state index in [4.69, 9.17) is 10.8 Å². The van der Waals surface area contributed by atoms with Crippen LogP contribution in [0.25, 0.3) is 0 Å². The van der Waals surface area contributed by atoms with Gasteiger partial charge in [0.15, 0.2) is 0 Å². The van der Waals surface area contributed by atoms with Crippen LogP contribution in [0, 0.1) is 0 Å². The van der Waals surface area contributed by atoms with Gasteiger partial charge in [0.2, 0.25) is 0 Å². The smallest absolute Gasteiger partial charge is 0.0468 e. The molecule has 0 bridgehead atoms. The summed E-state index contributed by atoms with van der Waals surface area (Å²) in [7, 11) is 0. The van der Waals surface area contributed by atoms with E-state index in [1.54, 1.807) is 0 Å². The van der Waals surface area contributed by atoms with Crippen molar-refractivity contribution in [3.8, 4) is 0 Å². The minimum Gasteiger partial charge on any atom is -0.405 e. The Bertz CT molecular complexity index is 68.5. The number of rotatable bonds is 2. The van der Waals surface area contributed by atoms with Gasteiger partial charge < -0.3 is 10.8 Å². The van der Waals surface area contributed by atoms with Crippen LogP contribution >= 0.6 is 0 Å². The molecule has 0 aliphatic heterocycles. The topological polar surface area (TPSA) is 46.2 Å². The van der Waals surface area contributed by atoms with Crippen LogP contribution in [-0.4, -0.2) is 11.7 Å². The third kappa shape index (κ3) is 3.33. The van der Waals surface area contributed by atoms with Crippen LogP contribution < -0.4 is 5.73 Å². The lowest BCUT2D eigenvalue weighted by atomic mass is 10.2. The summed E-state index contributed by atoms with van der Waals surface area (Å²) >= 11 is 0. The molecule has 0 aromatic heterocycles. The highest BCUT2D eigenvalue weighted by Gasteiger charge is 1.81. The maximum absolute atomic E-state index is 8.27. The van der Waals surface area contributed by atoms with Crippen molar-refractivity contribution in [1.82, 2.24) is 0 Å². The average molecular weight is 101 g/mol. The molecule has 0 rings (SSSR count). The molecule has 0 saturated heterocycles. The molecule has 2 heteroatoms. The first-order valence-electron chi connectivity index (χ1n) is 2.29. The van der Waals surface area contributed by atoms with Gasteiger partial charge in [-0.05, 0) is 19.5 Å². The van der Waals surface area contributed by atoms with Gasteiger partial charge in [-0.1, -0.05) is 5.57 Å². The maximum Gasteiger partial charge on any atom is 0.0468 e. The van der Waals surface area contributed by atoms with E-state index in [2.05, 4.69) is 0 Å². The fraction of sp³-hybridized carbons (Fsp3) is 0.600. The second-order valence-electron chi connectivity index (χ2n) is 1.49. The van der Waals surface area contributed by atoms with Crippen molar-refractivity contribution in [3.63, 3.8) is 0 Å². The molecule has 0 aromatic rings. The molecule has 0 saturated carbocycles. The van der Waals surface area contributed by atoms with Crippen molar-refractivity contribution < 1.29 is 5.11 Å². The van der Waals surface area contributed by atoms with Crippen LogP contribution in [-0.2, 0) is 0 Å². The number of aliphatic hydroxyl groups excluding tert-OH is 1.